The highest BCUT2D eigenvalue weighted by Gasteiger charge is 2.27. The Bertz CT molecular complexity index is 1120. The van der Waals surface area contributed by atoms with Gasteiger partial charge in [0.2, 0.25) is 0 Å². The van der Waals surface area contributed by atoms with Crippen molar-refractivity contribution in [2.45, 2.75) is 31.7 Å². The summed E-state index contributed by atoms with van der Waals surface area (Å²) in [6.45, 7) is 8.53. The topological polar surface area (TPSA) is 102 Å². The van der Waals surface area contributed by atoms with Crippen LogP contribution in [0.15, 0.2) is 55.0 Å². The standard InChI is InChI=1S/C27H35N7O2/c1-19(24-16-30-17-25(28-2)31-24)15-23(27(36)29-3)32-26(35)20-8-10-21(11-9-20)34-14-6-7-22(34)18-33-12-4-5-13-33/h8-11,15-17,22H,1,4-7,12-14,18H2,2-3H3,(H,28,31)(H,29,36)(H,32,35)/b23-15+/t22-/m0/s1. The summed E-state index contributed by atoms with van der Waals surface area (Å²) in [6.07, 6.45) is 9.62. The molecule has 1 aromatic carbocycles. The summed E-state index contributed by atoms with van der Waals surface area (Å²) < 4.78 is 0. The van der Waals surface area contributed by atoms with Gasteiger partial charge in [0, 0.05) is 44.5 Å². The van der Waals surface area contributed by atoms with Crippen molar-refractivity contribution in [1.29, 1.82) is 0 Å². The molecule has 1 atom stereocenters. The first-order valence-electron chi connectivity index (χ1n) is 12.5. The average Bonchev–Trinajstić information content (AvgIpc) is 3.60. The number of benzene rings is 1. The van der Waals surface area contributed by atoms with Crippen LogP contribution in [-0.2, 0) is 4.79 Å². The van der Waals surface area contributed by atoms with Crippen molar-refractivity contribution >= 4 is 28.9 Å². The van der Waals surface area contributed by atoms with Crippen molar-refractivity contribution in [3.05, 3.63) is 66.3 Å². The van der Waals surface area contributed by atoms with Crippen molar-refractivity contribution in [3.8, 4) is 0 Å². The Morgan fingerprint density at radius 1 is 1.08 bits per heavy atom. The molecule has 1 aromatic heterocycles. The van der Waals surface area contributed by atoms with Crippen molar-refractivity contribution in [3.63, 3.8) is 0 Å². The van der Waals surface area contributed by atoms with E-state index in [1.54, 1.807) is 19.4 Å². The number of anilines is 2. The minimum atomic E-state index is -0.430. The summed E-state index contributed by atoms with van der Waals surface area (Å²) in [7, 11) is 3.25. The van der Waals surface area contributed by atoms with Crippen molar-refractivity contribution in [2.75, 3.05) is 50.5 Å². The number of nitrogens with zero attached hydrogens (tertiary/aromatic N) is 4. The molecule has 0 radical (unpaired) electrons. The number of likely N-dealkylation sites (N-methyl/N-ethyl adjacent to an activating group) is 1. The van der Waals surface area contributed by atoms with E-state index in [1.807, 2.05) is 24.3 Å². The Labute approximate surface area is 212 Å². The number of rotatable bonds is 9. The van der Waals surface area contributed by atoms with Gasteiger partial charge in [-0.05, 0) is 74.7 Å². The van der Waals surface area contributed by atoms with Crippen LogP contribution in [0.2, 0.25) is 0 Å². The molecule has 0 bridgehead atoms. The highest BCUT2D eigenvalue weighted by Crippen LogP contribution is 2.27. The van der Waals surface area contributed by atoms with Gasteiger partial charge >= 0.3 is 0 Å². The second kappa shape index (κ2) is 11.8. The molecule has 2 aromatic rings. The van der Waals surface area contributed by atoms with Gasteiger partial charge in [-0.25, -0.2) is 4.98 Å². The fourth-order valence-corrected chi connectivity index (χ4v) is 4.81. The molecule has 0 unspecified atom stereocenters. The molecule has 36 heavy (non-hydrogen) atoms. The number of likely N-dealkylation sites (tertiary alicyclic amines) is 1. The molecule has 2 saturated heterocycles. The highest BCUT2D eigenvalue weighted by molar-refractivity contribution is 6.04. The maximum absolute atomic E-state index is 13.0. The van der Waals surface area contributed by atoms with Crippen molar-refractivity contribution in [2.24, 2.45) is 0 Å². The Morgan fingerprint density at radius 3 is 2.53 bits per heavy atom. The van der Waals surface area contributed by atoms with Gasteiger partial charge in [-0.2, -0.15) is 0 Å². The monoisotopic (exact) mass is 489 g/mol. The number of carbonyl (C=O) groups excluding carboxylic acids is 2. The summed E-state index contributed by atoms with van der Waals surface area (Å²) in [5.41, 5.74) is 2.64. The zero-order valence-electron chi connectivity index (χ0n) is 21.1. The fourth-order valence-electron chi connectivity index (χ4n) is 4.81. The lowest BCUT2D eigenvalue weighted by Gasteiger charge is -2.30. The lowest BCUT2D eigenvalue weighted by Crippen LogP contribution is -2.39. The number of hydrogen-bond donors (Lipinski definition) is 3. The van der Waals surface area contributed by atoms with Crippen molar-refractivity contribution in [1.82, 2.24) is 25.5 Å². The zero-order valence-corrected chi connectivity index (χ0v) is 21.1. The van der Waals surface area contributed by atoms with Gasteiger partial charge < -0.3 is 25.8 Å². The van der Waals surface area contributed by atoms with Crippen LogP contribution in [0.3, 0.4) is 0 Å². The first-order chi connectivity index (χ1) is 17.5. The van der Waals surface area contributed by atoms with E-state index in [9.17, 15) is 9.59 Å². The van der Waals surface area contributed by atoms with Gasteiger partial charge in [0.15, 0.2) is 0 Å². The van der Waals surface area contributed by atoms with Gasteiger partial charge in [-0.3, -0.25) is 14.6 Å². The lowest BCUT2D eigenvalue weighted by atomic mass is 10.1. The molecule has 0 saturated carbocycles. The van der Waals surface area contributed by atoms with Gasteiger partial charge in [-0.15, -0.1) is 0 Å². The maximum Gasteiger partial charge on any atom is 0.267 e. The maximum atomic E-state index is 13.0. The summed E-state index contributed by atoms with van der Waals surface area (Å²) in [4.78, 5) is 39.0. The third kappa shape index (κ3) is 6.09. The van der Waals surface area contributed by atoms with Gasteiger partial charge in [0.1, 0.15) is 11.5 Å². The molecule has 3 N–H and O–H groups in total. The van der Waals surface area contributed by atoms with Crippen LogP contribution in [0.25, 0.3) is 5.57 Å². The molecular formula is C27H35N7O2. The van der Waals surface area contributed by atoms with Crippen LogP contribution in [-0.4, -0.2) is 73.0 Å². The molecule has 9 nitrogen and oxygen atoms in total. The number of carbonyl (C=O) groups is 2. The summed E-state index contributed by atoms with van der Waals surface area (Å²) in [5, 5.41) is 8.20. The lowest BCUT2D eigenvalue weighted by molar-refractivity contribution is -0.117. The van der Waals surface area contributed by atoms with Crippen LogP contribution in [0.1, 0.15) is 41.7 Å². The molecule has 9 heteroatoms. The predicted molar refractivity (Wildman–Crippen MR) is 143 cm³/mol. The fraction of sp³-hybridized carbons (Fsp3) is 0.407. The molecule has 2 fully saturated rings. The van der Waals surface area contributed by atoms with E-state index in [0.717, 1.165) is 18.8 Å². The molecule has 3 heterocycles. The molecule has 0 spiro atoms. The average molecular weight is 490 g/mol. The van der Waals surface area contributed by atoms with Crippen LogP contribution in [0, 0.1) is 0 Å². The summed E-state index contributed by atoms with van der Waals surface area (Å²) in [6, 6.07) is 8.14. The number of allylic oxidation sites excluding steroid dienone is 2. The first-order valence-corrected chi connectivity index (χ1v) is 12.5. The second-order valence-corrected chi connectivity index (χ2v) is 9.20. The molecule has 2 aliphatic heterocycles. The Hall–Kier alpha value is -3.72. The van der Waals surface area contributed by atoms with E-state index >= 15 is 0 Å². The normalized spacial score (nSPS) is 18.2. The third-order valence-corrected chi connectivity index (χ3v) is 6.76. The molecule has 190 valence electrons. The number of amides is 2. The Balaban J connectivity index is 1.45. The molecule has 2 aliphatic rings. The van der Waals surface area contributed by atoms with E-state index in [1.165, 1.54) is 51.9 Å². The van der Waals surface area contributed by atoms with Crippen LogP contribution in [0.5, 0.6) is 0 Å². The molecule has 0 aliphatic carbocycles. The van der Waals surface area contributed by atoms with E-state index in [2.05, 4.69) is 42.3 Å². The third-order valence-electron chi connectivity index (χ3n) is 6.76. The molecule has 2 amide bonds. The Kier molecular flexibility index (Phi) is 8.32. The minimum Gasteiger partial charge on any atom is -0.372 e. The zero-order chi connectivity index (χ0) is 25.5. The highest BCUT2D eigenvalue weighted by atomic mass is 16.2. The molecule has 4 rings (SSSR count). The predicted octanol–water partition coefficient (Wildman–Crippen LogP) is 2.66. The smallest absolute Gasteiger partial charge is 0.267 e. The quantitative estimate of drug-likeness (QED) is 0.368. The van der Waals surface area contributed by atoms with E-state index in [-0.39, 0.29) is 11.6 Å². The van der Waals surface area contributed by atoms with Crippen LogP contribution >= 0.6 is 0 Å². The van der Waals surface area contributed by atoms with Crippen LogP contribution < -0.4 is 20.9 Å². The van der Waals surface area contributed by atoms with Crippen LogP contribution in [0.4, 0.5) is 11.5 Å². The van der Waals surface area contributed by atoms with Gasteiger partial charge in [0.25, 0.3) is 11.8 Å². The minimum absolute atomic E-state index is 0.0819. The Morgan fingerprint density at radius 2 is 1.83 bits per heavy atom. The largest absolute Gasteiger partial charge is 0.372 e. The second-order valence-electron chi connectivity index (χ2n) is 9.20. The van der Waals surface area contributed by atoms with Gasteiger partial charge in [0.05, 0.1) is 18.1 Å². The van der Waals surface area contributed by atoms with E-state index in [0.29, 0.717) is 28.7 Å². The number of hydrogen-bond acceptors (Lipinski definition) is 7. The number of nitrogens with one attached hydrogen (secondary N) is 3. The molecular weight excluding hydrogens is 454 g/mol. The summed E-state index contributed by atoms with van der Waals surface area (Å²) >= 11 is 0. The van der Waals surface area contributed by atoms with Crippen molar-refractivity contribution < 1.29 is 9.59 Å². The van der Waals surface area contributed by atoms with E-state index < -0.39 is 5.91 Å². The van der Waals surface area contributed by atoms with E-state index in [4.69, 9.17) is 0 Å². The number of aromatic nitrogens is 2. The SMILES string of the molecule is C=C(/C=C(/NC(=O)c1ccc(N2CCC[C@H]2CN2CCCC2)cc1)C(=O)NC)c1cncc(NC)n1. The van der Waals surface area contributed by atoms with Gasteiger partial charge in [-0.1, -0.05) is 6.58 Å². The first kappa shape index (κ1) is 25.4. The summed E-state index contributed by atoms with van der Waals surface area (Å²) in [5.74, 6) is -0.219.